The third-order valence-electron chi connectivity index (χ3n) is 9.09. The average molecular weight is 888 g/mol. The van der Waals surface area contributed by atoms with Crippen LogP contribution in [-0.2, 0) is 19.5 Å². The first kappa shape index (κ1) is 41.0. The molecule has 4 aliphatic rings. The standard InChI is InChI=1S/C19H19ClN4O5S2.C18H17ClN4O3S/c1-31(27,28)24-9-8-21-17(24)12-2-4-13(5-3-12)23-11-14(29-19(23)26)10-22-18(25)15-6-7-16(20)30-15;19-15-6-5-14(27-15)17(24)22-9-13-10-23(18(25)26-13)12-3-1-11(2-4-12)16-20-7-8-21-16/h2-7,14H,8-11H2,1H3,(H,22,25);1-6,13H,7-10H2,(H,20,21)(H,22,24)/t14-;13-/m00/s1. The lowest BCUT2D eigenvalue weighted by Crippen LogP contribution is -2.34. The molecule has 2 fully saturated rings. The van der Waals surface area contributed by atoms with Gasteiger partial charge in [0.25, 0.3) is 11.8 Å². The number of cyclic esters (lactones) is 2. The van der Waals surface area contributed by atoms with E-state index in [1.54, 1.807) is 53.4 Å². The van der Waals surface area contributed by atoms with Gasteiger partial charge in [0.2, 0.25) is 10.0 Å². The van der Waals surface area contributed by atoms with E-state index in [0.29, 0.717) is 55.1 Å². The Kier molecular flexibility index (Phi) is 12.5. The Morgan fingerprint density at radius 2 is 1.26 bits per heavy atom. The molecule has 0 unspecified atom stereocenters. The number of amidine groups is 2. The highest BCUT2D eigenvalue weighted by molar-refractivity contribution is 7.89. The van der Waals surface area contributed by atoms with E-state index in [2.05, 4.69) is 25.9 Å². The Balaban J connectivity index is 0.000000178. The van der Waals surface area contributed by atoms with Crippen LogP contribution in [-0.4, -0.2) is 119 Å². The Hall–Kier alpha value is -5.21. The molecule has 6 heterocycles. The smallest absolute Gasteiger partial charge is 0.414 e. The number of sulfonamides is 1. The number of nitrogens with zero attached hydrogens (tertiary/aromatic N) is 5. The molecular formula is C37H36Cl2N8O8S3. The van der Waals surface area contributed by atoms with E-state index in [4.69, 9.17) is 32.7 Å². The molecular weight excluding hydrogens is 852 g/mol. The van der Waals surface area contributed by atoms with Crippen molar-refractivity contribution in [1.29, 1.82) is 0 Å². The number of amides is 4. The predicted octanol–water partition coefficient (Wildman–Crippen LogP) is 4.69. The third-order valence-corrected chi connectivity index (χ3v) is 12.7. The number of ether oxygens (including phenoxy) is 2. The maximum Gasteiger partial charge on any atom is 0.414 e. The maximum atomic E-state index is 12.3. The minimum atomic E-state index is -3.40. The van der Waals surface area contributed by atoms with Crippen molar-refractivity contribution in [3.05, 3.63) is 102 Å². The number of hydrogen-bond donors (Lipinski definition) is 3. The quantitative estimate of drug-likeness (QED) is 0.192. The second kappa shape index (κ2) is 17.7. The average Bonchev–Trinajstić information content (AvgIpc) is 4.07. The molecule has 2 saturated heterocycles. The van der Waals surface area contributed by atoms with Crippen molar-refractivity contribution >= 4 is 103 Å². The van der Waals surface area contributed by atoms with Crippen LogP contribution in [0.2, 0.25) is 8.67 Å². The molecule has 2 aromatic heterocycles. The molecule has 0 aliphatic carbocycles. The zero-order chi connectivity index (χ0) is 41.0. The highest BCUT2D eigenvalue weighted by Gasteiger charge is 2.34. The highest BCUT2D eigenvalue weighted by atomic mass is 35.5. The van der Waals surface area contributed by atoms with E-state index in [1.165, 1.54) is 31.9 Å². The topological polar surface area (TPSA) is 191 Å². The van der Waals surface area contributed by atoms with Crippen molar-refractivity contribution in [2.24, 2.45) is 9.98 Å². The molecule has 21 heteroatoms. The van der Waals surface area contributed by atoms with Crippen molar-refractivity contribution in [3.8, 4) is 0 Å². The number of hydrogen-bond acceptors (Lipinski definition) is 13. The van der Waals surface area contributed by atoms with E-state index in [9.17, 15) is 27.6 Å². The van der Waals surface area contributed by atoms with Crippen LogP contribution in [0.15, 0.2) is 82.8 Å². The van der Waals surface area contributed by atoms with E-state index < -0.39 is 34.4 Å². The largest absolute Gasteiger partial charge is 0.442 e. The molecule has 304 valence electrons. The lowest BCUT2D eigenvalue weighted by Gasteiger charge is -2.18. The van der Waals surface area contributed by atoms with Gasteiger partial charge in [-0.2, -0.15) is 0 Å². The number of halogens is 2. The van der Waals surface area contributed by atoms with Crippen LogP contribution >= 0.6 is 45.9 Å². The summed E-state index contributed by atoms with van der Waals surface area (Å²) in [6, 6.07) is 21.1. The second-order valence-corrected chi connectivity index (χ2v) is 18.5. The summed E-state index contributed by atoms with van der Waals surface area (Å²) in [4.78, 5) is 61.4. The molecule has 0 radical (unpaired) electrons. The van der Waals surface area contributed by atoms with Gasteiger partial charge in [0.05, 0.1) is 70.5 Å². The lowest BCUT2D eigenvalue weighted by atomic mass is 10.1. The number of benzene rings is 2. The zero-order valence-electron chi connectivity index (χ0n) is 30.7. The van der Waals surface area contributed by atoms with Gasteiger partial charge in [-0.15, -0.1) is 22.7 Å². The second-order valence-electron chi connectivity index (χ2n) is 13.2. The van der Waals surface area contributed by atoms with Crippen molar-refractivity contribution in [3.63, 3.8) is 0 Å². The predicted molar refractivity (Wildman–Crippen MR) is 224 cm³/mol. The van der Waals surface area contributed by atoms with Crippen LogP contribution < -0.4 is 25.8 Å². The van der Waals surface area contributed by atoms with Gasteiger partial charge in [0.15, 0.2) is 0 Å². The van der Waals surface area contributed by atoms with Crippen LogP contribution in [0.4, 0.5) is 21.0 Å². The zero-order valence-corrected chi connectivity index (χ0v) is 34.7. The van der Waals surface area contributed by atoms with Crippen molar-refractivity contribution in [2.75, 3.05) is 68.4 Å². The SMILES string of the molecule is CS(=O)(=O)N1CCN=C1c1ccc(N2C[C@H](CNC(=O)c3ccc(Cl)s3)OC2=O)cc1.O=C(NC[C@H]1CN(c2ccc(C3=NCCN3)cc2)C(=O)O1)c1ccc(Cl)s1. The molecule has 2 aromatic carbocycles. The third kappa shape index (κ3) is 9.72. The summed E-state index contributed by atoms with van der Waals surface area (Å²) in [7, 11) is -3.40. The van der Waals surface area contributed by atoms with Gasteiger partial charge in [-0.3, -0.25) is 33.7 Å². The van der Waals surface area contributed by atoms with E-state index in [-0.39, 0.29) is 31.4 Å². The van der Waals surface area contributed by atoms with Gasteiger partial charge in [0, 0.05) is 29.0 Å². The lowest BCUT2D eigenvalue weighted by molar-refractivity contribution is 0.0915. The fraction of sp³-hybridized carbons (Fsp3) is 0.297. The molecule has 4 aromatic rings. The van der Waals surface area contributed by atoms with Gasteiger partial charge < -0.3 is 25.4 Å². The van der Waals surface area contributed by atoms with Crippen LogP contribution in [0.5, 0.6) is 0 Å². The van der Waals surface area contributed by atoms with Crippen molar-refractivity contribution in [2.45, 2.75) is 12.2 Å². The fourth-order valence-electron chi connectivity index (χ4n) is 6.31. The summed E-state index contributed by atoms with van der Waals surface area (Å²) in [6.07, 6.45) is -0.683. The van der Waals surface area contributed by atoms with Gasteiger partial charge in [-0.25, -0.2) is 18.0 Å². The monoisotopic (exact) mass is 886 g/mol. The number of carbonyl (C=O) groups excluding carboxylic acids is 4. The van der Waals surface area contributed by atoms with Crippen LogP contribution in [0.3, 0.4) is 0 Å². The first-order chi connectivity index (χ1) is 27.8. The summed E-state index contributed by atoms with van der Waals surface area (Å²) in [5.74, 6) is 0.770. The van der Waals surface area contributed by atoms with Crippen LogP contribution in [0.1, 0.15) is 30.5 Å². The molecule has 3 N–H and O–H groups in total. The minimum absolute atomic E-state index is 0.175. The molecule has 0 bridgehead atoms. The Bertz CT molecular complexity index is 2370. The molecule has 4 amide bonds. The van der Waals surface area contributed by atoms with Gasteiger partial charge in [-0.1, -0.05) is 23.2 Å². The maximum absolute atomic E-state index is 12.3. The normalized spacial score (nSPS) is 18.8. The van der Waals surface area contributed by atoms with Gasteiger partial charge >= 0.3 is 12.2 Å². The number of aliphatic imine (C=N–C) groups is 2. The van der Waals surface area contributed by atoms with Crippen molar-refractivity contribution in [1.82, 2.24) is 20.3 Å². The molecule has 8 rings (SSSR count). The number of anilines is 2. The van der Waals surface area contributed by atoms with E-state index in [1.807, 2.05) is 24.3 Å². The highest BCUT2D eigenvalue weighted by Crippen LogP contribution is 2.26. The summed E-state index contributed by atoms with van der Waals surface area (Å²) in [6.45, 7) is 3.43. The summed E-state index contributed by atoms with van der Waals surface area (Å²) in [5.41, 5.74) is 3.00. The number of carbonyl (C=O) groups is 4. The number of thiophene rings is 2. The molecule has 16 nitrogen and oxygen atoms in total. The van der Waals surface area contributed by atoms with Gasteiger partial charge in [0.1, 0.15) is 23.9 Å². The van der Waals surface area contributed by atoms with Crippen molar-refractivity contribution < 1.29 is 37.1 Å². The fourth-order valence-corrected chi connectivity index (χ4v) is 9.12. The van der Waals surface area contributed by atoms with Gasteiger partial charge in [-0.05, 0) is 72.8 Å². The Morgan fingerprint density at radius 1 is 0.759 bits per heavy atom. The molecule has 0 spiro atoms. The first-order valence-corrected chi connectivity index (χ1v) is 22.1. The van der Waals surface area contributed by atoms with E-state index >= 15 is 0 Å². The summed E-state index contributed by atoms with van der Waals surface area (Å²) >= 11 is 14.1. The van der Waals surface area contributed by atoms with E-state index in [0.717, 1.165) is 36.4 Å². The van der Waals surface area contributed by atoms with Crippen LogP contribution in [0.25, 0.3) is 0 Å². The molecule has 2 atom stereocenters. The first-order valence-electron chi connectivity index (χ1n) is 17.9. The Morgan fingerprint density at radius 3 is 1.69 bits per heavy atom. The summed E-state index contributed by atoms with van der Waals surface area (Å²) < 4.78 is 36.9. The molecule has 4 aliphatic heterocycles. The number of rotatable bonds is 11. The molecule has 58 heavy (non-hydrogen) atoms. The summed E-state index contributed by atoms with van der Waals surface area (Å²) in [5, 5.41) is 8.74. The number of nitrogens with one attached hydrogen (secondary N) is 3. The molecule has 0 saturated carbocycles. The van der Waals surface area contributed by atoms with Crippen LogP contribution in [0, 0.1) is 0 Å². The minimum Gasteiger partial charge on any atom is -0.442 e. The Labute approximate surface area is 351 Å².